The maximum absolute atomic E-state index is 13.3. The Morgan fingerprint density at radius 2 is 0.905 bits per heavy atom. The van der Waals surface area contributed by atoms with Crippen molar-refractivity contribution in [2.24, 2.45) is 0 Å². The van der Waals surface area contributed by atoms with Crippen LogP contribution in [0, 0.1) is 0 Å². The summed E-state index contributed by atoms with van der Waals surface area (Å²) in [6.45, 7) is 0. The lowest BCUT2D eigenvalue weighted by atomic mass is 10.2. The van der Waals surface area contributed by atoms with Crippen molar-refractivity contribution in [2.45, 2.75) is 11.7 Å². The van der Waals surface area contributed by atoms with Gasteiger partial charge in [0, 0.05) is 39.6 Å². The van der Waals surface area contributed by atoms with E-state index in [-0.39, 0.29) is 11.4 Å². The molecule has 0 amide bonds. The first-order valence-corrected chi connectivity index (χ1v) is 15.4. The van der Waals surface area contributed by atoms with Crippen LogP contribution in [0.15, 0.2) is 66.7 Å². The van der Waals surface area contributed by atoms with Crippen LogP contribution in [-0.4, -0.2) is 59.6 Å². The highest BCUT2D eigenvalue weighted by molar-refractivity contribution is 7.54. The van der Waals surface area contributed by atoms with Crippen molar-refractivity contribution in [1.29, 1.82) is 0 Å². The van der Waals surface area contributed by atoms with Crippen molar-refractivity contribution in [3.63, 3.8) is 0 Å². The van der Waals surface area contributed by atoms with E-state index in [1.165, 1.54) is 56.7 Å². The average Bonchev–Trinajstić information content (AvgIpc) is 3.05. The number of nitrogens with zero attached hydrogens (tertiary/aromatic N) is 1. The molecule has 3 rings (SSSR count). The van der Waals surface area contributed by atoms with Crippen molar-refractivity contribution in [1.82, 2.24) is 4.98 Å². The maximum Gasteiger partial charge on any atom is 0.375 e. The van der Waals surface area contributed by atoms with Gasteiger partial charge >= 0.3 is 27.1 Å². The van der Waals surface area contributed by atoms with Crippen LogP contribution in [-0.2, 0) is 36.7 Å². The van der Waals surface area contributed by atoms with Crippen LogP contribution in [0.1, 0.15) is 43.8 Å². The summed E-state index contributed by atoms with van der Waals surface area (Å²) in [6.07, 6.45) is 0. The molecule has 15 heteroatoms. The Morgan fingerprint density at radius 1 is 0.571 bits per heavy atom. The third-order valence-corrected chi connectivity index (χ3v) is 9.99. The normalized spacial score (nSPS) is 13.1. The van der Waals surface area contributed by atoms with Crippen LogP contribution in [0.25, 0.3) is 0 Å². The molecule has 226 valence electrons. The number of carbonyl (C=O) groups excluding carboxylic acids is 2. The first kappa shape index (κ1) is 32.9. The molecule has 0 saturated heterocycles. The van der Waals surface area contributed by atoms with Gasteiger partial charge in [0.1, 0.15) is 22.9 Å². The Morgan fingerprint density at radius 3 is 1.19 bits per heavy atom. The van der Waals surface area contributed by atoms with Gasteiger partial charge in [-0.25, -0.2) is 14.6 Å². The van der Waals surface area contributed by atoms with E-state index in [1.807, 2.05) is 0 Å². The summed E-state index contributed by atoms with van der Waals surface area (Å²) in [7, 11) is -0.419. The minimum absolute atomic E-state index is 0.295. The summed E-state index contributed by atoms with van der Waals surface area (Å²) in [5, 5.41) is 0. The molecule has 1 aromatic heterocycles. The highest BCUT2D eigenvalue weighted by atomic mass is 31.2. The lowest BCUT2D eigenvalue weighted by Gasteiger charge is -2.25. The third-order valence-electron chi connectivity index (χ3n) is 6.00. The zero-order valence-electron chi connectivity index (χ0n) is 23.7. The van der Waals surface area contributed by atoms with E-state index in [9.17, 15) is 18.7 Å². The second kappa shape index (κ2) is 14.6. The largest absolute Gasteiger partial charge is 0.497 e. The van der Waals surface area contributed by atoms with Gasteiger partial charge < -0.3 is 37.0 Å². The van der Waals surface area contributed by atoms with E-state index in [0.29, 0.717) is 22.6 Å². The molecular formula is C27H31NO12P2. The van der Waals surface area contributed by atoms with Crippen molar-refractivity contribution in [2.75, 3.05) is 42.7 Å². The number of hydrogen-bond donors (Lipinski definition) is 0. The fraction of sp³-hybridized carbons (Fsp3) is 0.296. The van der Waals surface area contributed by atoms with Gasteiger partial charge in [-0.1, -0.05) is 30.3 Å². The SMILES string of the molecule is COc1ccc(C(OC(=O)c2cccc(C(=O)OC(c3ccc(OC)cc3)P(=O)(OC)OC)n2)P(=O)(OC)OC)cc1. The molecule has 1 heterocycles. The molecule has 2 atom stereocenters. The van der Waals surface area contributed by atoms with Crippen LogP contribution < -0.4 is 9.47 Å². The summed E-state index contributed by atoms with van der Waals surface area (Å²) >= 11 is 0. The lowest BCUT2D eigenvalue weighted by Crippen LogP contribution is -2.18. The van der Waals surface area contributed by atoms with Crippen molar-refractivity contribution in [3.8, 4) is 11.5 Å². The predicted molar refractivity (Wildman–Crippen MR) is 150 cm³/mol. The first-order valence-electron chi connectivity index (χ1n) is 12.2. The Labute approximate surface area is 243 Å². The van der Waals surface area contributed by atoms with Crippen LogP contribution in [0.2, 0.25) is 0 Å². The van der Waals surface area contributed by atoms with Gasteiger partial charge in [-0.05, 0) is 36.4 Å². The van der Waals surface area contributed by atoms with E-state index >= 15 is 0 Å². The average molecular weight is 623 g/mol. The summed E-state index contributed by atoms with van der Waals surface area (Å²) in [6, 6.07) is 16.4. The molecule has 0 N–H and O–H groups in total. The summed E-state index contributed by atoms with van der Waals surface area (Å²) < 4.78 is 68.3. The number of carbonyl (C=O) groups is 2. The topological polar surface area (TPSA) is 155 Å². The first-order chi connectivity index (χ1) is 20.1. The maximum atomic E-state index is 13.3. The van der Waals surface area contributed by atoms with Crippen LogP contribution in [0.5, 0.6) is 11.5 Å². The van der Waals surface area contributed by atoms with E-state index in [0.717, 1.165) is 28.4 Å². The molecule has 0 radical (unpaired) electrons. The van der Waals surface area contributed by atoms with E-state index < -0.39 is 38.8 Å². The number of methoxy groups -OCH3 is 2. The molecule has 2 unspecified atom stereocenters. The van der Waals surface area contributed by atoms with Gasteiger partial charge in [0.2, 0.25) is 11.7 Å². The molecule has 0 bridgehead atoms. The van der Waals surface area contributed by atoms with Crippen molar-refractivity contribution < 1.29 is 55.8 Å². The quantitative estimate of drug-likeness (QED) is 0.157. The molecule has 0 aliphatic heterocycles. The zero-order chi connectivity index (χ0) is 30.9. The van der Waals surface area contributed by atoms with E-state index in [4.69, 9.17) is 37.0 Å². The Kier molecular flexibility index (Phi) is 11.4. The molecule has 0 aliphatic carbocycles. The predicted octanol–water partition coefficient (Wildman–Crippen LogP) is 5.78. The number of benzene rings is 2. The molecule has 0 saturated carbocycles. The van der Waals surface area contributed by atoms with Crippen LogP contribution in [0.4, 0.5) is 0 Å². The number of aromatic nitrogens is 1. The molecule has 0 fully saturated rings. The number of pyridine rings is 1. The second-order valence-electron chi connectivity index (χ2n) is 8.28. The monoisotopic (exact) mass is 623 g/mol. The molecule has 0 spiro atoms. The summed E-state index contributed by atoms with van der Waals surface area (Å²) in [5.74, 6) is -3.99. The number of esters is 2. The Balaban J connectivity index is 1.91. The van der Waals surface area contributed by atoms with Crippen molar-refractivity contribution in [3.05, 3.63) is 89.2 Å². The lowest BCUT2D eigenvalue weighted by molar-refractivity contribution is 0.0363. The smallest absolute Gasteiger partial charge is 0.375 e. The van der Waals surface area contributed by atoms with Crippen molar-refractivity contribution >= 4 is 27.1 Å². The molecule has 0 aliphatic rings. The summed E-state index contributed by atoms with van der Waals surface area (Å²) in [5.41, 5.74) is -0.0401. The standard InChI is InChI=1S/C27H31NO12P2/c1-33-20-14-10-18(11-15-20)26(41(31,35-3)36-4)39-24(29)22-8-7-9-23(28-22)25(30)40-27(42(32,37-5)38-6)19-12-16-21(34-2)17-13-19/h7-17,26-27H,1-6H3. The fourth-order valence-corrected chi connectivity index (χ4v) is 6.27. The molecule has 2 aromatic carbocycles. The van der Waals surface area contributed by atoms with E-state index in [2.05, 4.69) is 4.98 Å². The van der Waals surface area contributed by atoms with Gasteiger partial charge in [-0.2, -0.15) is 0 Å². The van der Waals surface area contributed by atoms with Gasteiger partial charge in [0.05, 0.1) is 14.2 Å². The number of rotatable bonds is 14. The second-order valence-corrected chi connectivity index (χ2v) is 12.8. The van der Waals surface area contributed by atoms with Gasteiger partial charge in [-0.15, -0.1) is 0 Å². The minimum Gasteiger partial charge on any atom is -0.497 e. The van der Waals surface area contributed by atoms with E-state index in [1.54, 1.807) is 24.3 Å². The molecular weight excluding hydrogens is 592 g/mol. The number of hydrogen-bond acceptors (Lipinski definition) is 13. The highest BCUT2D eigenvalue weighted by Crippen LogP contribution is 2.61. The van der Waals surface area contributed by atoms with Gasteiger partial charge in [0.25, 0.3) is 0 Å². The third kappa shape index (κ3) is 7.43. The number of ether oxygens (including phenoxy) is 4. The summed E-state index contributed by atoms with van der Waals surface area (Å²) in [4.78, 5) is 30.4. The molecule has 42 heavy (non-hydrogen) atoms. The van der Waals surface area contributed by atoms with Crippen LogP contribution in [0.3, 0.4) is 0 Å². The minimum atomic E-state index is -4.00. The van der Waals surface area contributed by atoms with Gasteiger partial charge in [-0.3, -0.25) is 9.13 Å². The fourth-order valence-electron chi connectivity index (χ4n) is 3.69. The molecule has 13 nitrogen and oxygen atoms in total. The van der Waals surface area contributed by atoms with Crippen LogP contribution >= 0.6 is 15.2 Å². The Hall–Kier alpha value is -3.57. The van der Waals surface area contributed by atoms with Gasteiger partial charge in [0.15, 0.2) is 0 Å². The molecule has 3 aromatic rings. The Bertz CT molecular complexity index is 1340. The highest BCUT2D eigenvalue weighted by Gasteiger charge is 2.41. The zero-order valence-corrected chi connectivity index (χ0v) is 25.5.